The van der Waals surface area contributed by atoms with Crippen molar-refractivity contribution in [2.24, 2.45) is 0 Å². The number of alkyl halides is 1. The quantitative estimate of drug-likeness (QED) is 0.439. The molecular weight excluding hydrogens is 250 g/mol. The van der Waals surface area contributed by atoms with Crippen molar-refractivity contribution >= 4 is 23.4 Å². The van der Waals surface area contributed by atoms with Crippen LogP contribution >= 0.6 is 11.6 Å². The van der Waals surface area contributed by atoms with Gasteiger partial charge in [0.15, 0.2) is 0 Å². The van der Waals surface area contributed by atoms with Crippen LogP contribution in [0.4, 0.5) is 5.69 Å². The standard InChI is InChI=1S/C14H18ClNO2/c1-4-11(9-15)7-12-5-6-13(10(2)3)14(8-12)16(17)18/h5-8,10H,4,9H2,1-3H3/b11-7+. The fourth-order valence-corrected chi connectivity index (χ4v) is 2.03. The Morgan fingerprint density at radius 2 is 2.17 bits per heavy atom. The van der Waals surface area contributed by atoms with Gasteiger partial charge in [0.25, 0.3) is 5.69 Å². The summed E-state index contributed by atoms with van der Waals surface area (Å²) in [5, 5.41) is 11.1. The first-order valence-electron chi connectivity index (χ1n) is 6.03. The number of allylic oxidation sites excluding steroid dienone is 1. The Balaban J connectivity index is 3.23. The molecule has 0 spiro atoms. The summed E-state index contributed by atoms with van der Waals surface area (Å²) < 4.78 is 0. The molecule has 0 heterocycles. The number of nitro benzene ring substituents is 1. The van der Waals surface area contributed by atoms with Crippen LogP contribution in [-0.4, -0.2) is 10.8 Å². The summed E-state index contributed by atoms with van der Waals surface area (Å²) in [5.74, 6) is 0.595. The van der Waals surface area contributed by atoms with Crippen LogP contribution in [0, 0.1) is 10.1 Å². The molecule has 0 fully saturated rings. The van der Waals surface area contributed by atoms with Gasteiger partial charge < -0.3 is 0 Å². The summed E-state index contributed by atoms with van der Waals surface area (Å²) in [6, 6.07) is 5.36. The summed E-state index contributed by atoms with van der Waals surface area (Å²) in [6.45, 7) is 5.92. The fourth-order valence-electron chi connectivity index (χ4n) is 1.77. The van der Waals surface area contributed by atoms with Crippen LogP contribution in [0.15, 0.2) is 23.8 Å². The second kappa shape index (κ2) is 6.55. The minimum atomic E-state index is -0.320. The van der Waals surface area contributed by atoms with E-state index in [1.807, 2.05) is 39.0 Å². The minimum absolute atomic E-state index is 0.141. The van der Waals surface area contributed by atoms with E-state index in [0.29, 0.717) is 5.88 Å². The molecule has 4 heteroatoms. The second-order valence-corrected chi connectivity index (χ2v) is 4.79. The van der Waals surface area contributed by atoms with Gasteiger partial charge in [-0.1, -0.05) is 44.6 Å². The maximum Gasteiger partial charge on any atom is 0.273 e. The molecule has 0 amide bonds. The zero-order valence-corrected chi connectivity index (χ0v) is 11.7. The lowest BCUT2D eigenvalue weighted by atomic mass is 9.98. The van der Waals surface area contributed by atoms with Crippen LogP contribution in [0.5, 0.6) is 0 Å². The van der Waals surface area contributed by atoms with Crippen molar-refractivity contribution in [1.82, 2.24) is 0 Å². The van der Waals surface area contributed by atoms with Crippen molar-refractivity contribution in [1.29, 1.82) is 0 Å². The lowest BCUT2D eigenvalue weighted by Gasteiger charge is -2.07. The predicted octanol–water partition coefficient (Wildman–Crippen LogP) is 4.75. The fraction of sp³-hybridized carbons (Fsp3) is 0.429. The molecular formula is C14H18ClNO2. The van der Waals surface area contributed by atoms with Gasteiger partial charge in [-0.3, -0.25) is 10.1 Å². The molecule has 0 aliphatic carbocycles. The van der Waals surface area contributed by atoms with E-state index in [-0.39, 0.29) is 16.5 Å². The Bertz CT molecular complexity index is 461. The molecule has 0 aromatic heterocycles. The van der Waals surface area contributed by atoms with Crippen molar-refractivity contribution < 1.29 is 4.92 Å². The van der Waals surface area contributed by atoms with Gasteiger partial charge in [0.1, 0.15) is 0 Å². The summed E-state index contributed by atoms with van der Waals surface area (Å²) in [5.41, 5.74) is 2.86. The number of nitrogens with zero attached hydrogens (tertiary/aromatic N) is 1. The zero-order valence-electron chi connectivity index (χ0n) is 10.9. The molecule has 0 atom stereocenters. The van der Waals surface area contributed by atoms with Crippen LogP contribution < -0.4 is 0 Å². The SMILES string of the molecule is CC/C(=C\c1ccc(C(C)C)c([N+](=O)[O-])c1)CCl. The van der Waals surface area contributed by atoms with Gasteiger partial charge in [-0.15, -0.1) is 11.6 Å². The Hall–Kier alpha value is -1.35. The van der Waals surface area contributed by atoms with E-state index in [1.165, 1.54) is 0 Å². The molecule has 0 saturated heterocycles. The highest BCUT2D eigenvalue weighted by atomic mass is 35.5. The molecule has 0 saturated carbocycles. The summed E-state index contributed by atoms with van der Waals surface area (Å²) in [7, 11) is 0. The normalized spacial score (nSPS) is 11.9. The van der Waals surface area contributed by atoms with Crippen LogP contribution in [-0.2, 0) is 0 Å². The third kappa shape index (κ3) is 3.57. The molecule has 0 bridgehead atoms. The van der Waals surface area contributed by atoms with E-state index in [2.05, 4.69) is 0 Å². The van der Waals surface area contributed by atoms with Crippen molar-refractivity contribution in [3.05, 3.63) is 45.0 Å². The molecule has 0 aliphatic heterocycles. The number of benzene rings is 1. The molecule has 1 aromatic carbocycles. The maximum absolute atomic E-state index is 11.1. The highest BCUT2D eigenvalue weighted by Crippen LogP contribution is 2.28. The molecule has 3 nitrogen and oxygen atoms in total. The van der Waals surface area contributed by atoms with Crippen LogP contribution in [0.1, 0.15) is 44.2 Å². The van der Waals surface area contributed by atoms with E-state index >= 15 is 0 Å². The summed E-state index contributed by atoms with van der Waals surface area (Å²) in [6.07, 6.45) is 2.77. The number of rotatable bonds is 5. The molecule has 1 rings (SSSR count). The van der Waals surface area contributed by atoms with E-state index in [4.69, 9.17) is 11.6 Å². The average Bonchev–Trinajstić information content (AvgIpc) is 2.35. The van der Waals surface area contributed by atoms with Crippen molar-refractivity contribution in [2.45, 2.75) is 33.1 Å². The van der Waals surface area contributed by atoms with Gasteiger partial charge in [0.2, 0.25) is 0 Å². The van der Waals surface area contributed by atoms with E-state index in [9.17, 15) is 10.1 Å². The summed E-state index contributed by atoms with van der Waals surface area (Å²) >= 11 is 5.80. The Labute approximate surface area is 113 Å². The van der Waals surface area contributed by atoms with E-state index in [0.717, 1.165) is 23.1 Å². The average molecular weight is 268 g/mol. The van der Waals surface area contributed by atoms with Crippen LogP contribution in [0.25, 0.3) is 6.08 Å². The summed E-state index contributed by atoms with van der Waals surface area (Å²) in [4.78, 5) is 10.7. The van der Waals surface area contributed by atoms with Crippen LogP contribution in [0.2, 0.25) is 0 Å². The highest BCUT2D eigenvalue weighted by Gasteiger charge is 2.16. The number of hydrogen-bond acceptors (Lipinski definition) is 2. The largest absolute Gasteiger partial charge is 0.273 e. The topological polar surface area (TPSA) is 43.1 Å². The number of halogens is 1. The molecule has 1 aromatic rings. The van der Waals surface area contributed by atoms with Gasteiger partial charge in [-0.2, -0.15) is 0 Å². The molecule has 0 N–H and O–H groups in total. The lowest BCUT2D eigenvalue weighted by molar-refractivity contribution is -0.385. The molecule has 0 radical (unpaired) electrons. The van der Waals surface area contributed by atoms with Gasteiger partial charge in [-0.25, -0.2) is 0 Å². The Kier molecular flexibility index (Phi) is 5.35. The molecule has 0 aliphatic rings. The third-order valence-electron chi connectivity index (χ3n) is 2.87. The molecule has 98 valence electrons. The highest BCUT2D eigenvalue weighted by molar-refractivity contribution is 6.19. The predicted molar refractivity (Wildman–Crippen MR) is 76.2 cm³/mol. The maximum atomic E-state index is 11.1. The second-order valence-electron chi connectivity index (χ2n) is 4.52. The minimum Gasteiger partial charge on any atom is -0.258 e. The Morgan fingerprint density at radius 3 is 2.61 bits per heavy atom. The van der Waals surface area contributed by atoms with E-state index in [1.54, 1.807) is 6.07 Å². The third-order valence-corrected chi connectivity index (χ3v) is 3.21. The number of hydrogen-bond donors (Lipinski definition) is 0. The van der Waals surface area contributed by atoms with Crippen molar-refractivity contribution in [2.75, 3.05) is 5.88 Å². The first kappa shape index (κ1) is 14.7. The lowest BCUT2D eigenvalue weighted by Crippen LogP contribution is -1.98. The number of nitro groups is 1. The Morgan fingerprint density at radius 1 is 1.50 bits per heavy atom. The smallest absolute Gasteiger partial charge is 0.258 e. The van der Waals surface area contributed by atoms with Gasteiger partial charge in [0, 0.05) is 17.5 Å². The van der Waals surface area contributed by atoms with Gasteiger partial charge in [-0.05, 0) is 17.9 Å². The first-order chi connectivity index (χ1) is 8.49. The first-order valence-corrected chi connectivity index (χ1v) is 6.56. The van der Waals surface area contributed by atoms with Gasteiger partial charge in [0.05, 0.1) is 4.92 Å². The van der Waals surface area contributed by atoms with Gasteiger partial charge >= 0.3 is 0 Å². The molecule has 0 unspecified atom stereocenters. The zero-order chi connectivity index (χ0) is 13.7. The van der Waals surface area contributed by atoms with Crippen molar-refractivity contribution in [3.8, 4) is 0 Å². The molecule has 18 heavy (non-hydrogen) atoms. The van der Waals surface area contributed by atoms with E-state index < -0.39 is 0 Å². The van der Waals surface area contributed by atoms with Crippen molar-refractivity contribution in [3.63, 3.8) is 0 Å². The van der Waals surface area contributed by atoms with Crippen LogP contribution in [0.3, 0.4) is 0 Å². The monoisotopic (exact) mass is 267 g/mol.